The topological polar surface area (TPSA) is 89.3 Å². The number of aliphatic hydroxyl groups excluding tert-OH is 1. The predicted molar refractivity (Wildman–Crippen MR) is 47.3 cm³/mol. The molecule has 0 saturated heterocycles. The Balaban J connectivity index is 3.14. The van der Waals surface area contributed by atoms with Crippen molar-refractivity contribution >= 4 is 5.91 Å². The largest absolute Gasteiger partial charge is 0.396 e. The van der Waals surface area contributed by atoms with E-state index in [4.69, 9.17) is 16.6 Å². The molecule has 12 heavy (non-hydrogen) atoms. The van der Waals surface area contributed by atoms with Crippen molar-refractivity contribution in [3.05, 3.63) is 0 Å². The molecule has 5 N–H and O–H groups in total. The molecule has 0 radical (unpaired) electrons. The number of primary amides is 1. The summed E-state index contributed by atoms with van der Waals surface area (Å²) >= 11 is 0. The first-order valence-electron chi connectivity index (χ1n) is 4.34. The number of carbonyl (C=O) groups is 1. The van der Waals surface area contributed by atoms with Gasteiger partial charge in [-0.25, -0.2) is 0 Å². The SMILES string of the molecule is NC(=O)C(N)CCCCCCO. The van der Waals surface area contributed by atoms with Gasteiger partial charge in [0, 0.05) is 6.61 Å². The van der Waals surface area contributed by atoms with E-state index in [1.807, 2.05) is 0 Å². The Kier molecular flexibility index (Phi) is 6.70. The Morgan fingerprint density at radius 3 is 2.33 bits per heavy atom. The van der Waals surface area contributed by atoms with Crippen LogP contribution < -0.4 is 11.5 Å². The fourth-order valence-corrected chi connectivity index (χ4v) is 0.972. The molecule has 4 heteroatoms. The van der Waals surface area contributed by atoms with Crippen LogP contribution in [0, 0.1) is 0 Å². The quantitative estimate of drug-likeness (QED) is 0.464. The number of unbranched alkanes of at least 4 members (excludes halogenated alkanes) is 3. The van der Waals surface area contributed by atoms with Crippen molar-refractivity contribution in [1.29, 1.82) is 0 Å². The molecule has 0 aliphatic heterocycles. The molecule has 0 aliphatic rings. The molecule has 0 aromatic heterocycles. The molecule has 0 rings (SSSR count). The molecule has 4 nitrogen and oxygen atoms in total. The number of carbonyl (C=O) groups excluding carboxylic acids is 1. The maximum Gasteiger partial charge on any atom is 0.234 e. The van der Waals surface area contributed by atoms with E-state index in [1.54, 1.807) is 0 Å². The van der Waals surface area contributed by atoms with Gasteiger partial charge in [0.1, 0.15) is 0 Å². The van der Waals surface area contributed by atoms with Gasteiger partial charge in [0.25, 0.3) is 0 Å². The number of amides is 1. The molecule has 0 fully saturated rings. The molecule has 1 unspecified atom stereocenters. The molecular formula is C8H18N2O2. The molecule has 0 spiro atoms. The van der Waals surface area contributed by atoms with E-state index in [0.717, 1.165) is 25.7 Å². The highest BCUT2D eigenvalue weighted by atomic mass is 16.2. The average Bonchev–Trinajstić information content (AvgIpc) is 2.03. The Morgan fingerprint density at radius 2 is 1.83 bits per heavy atom. The van der Waals surface area contributed by atoms with Crippen LogP contribution in [0.4, 0.5) is 0 Å². The lowest BCUT2D eigenvalue weighted by molar-refractivity contribution is -0.119. The monoisotopic (exact) mass is 174 g/mol. The van der Waals surface area contributed by atoms with Crippen molar-refractivity contribution in [2.45, 2.75) is 38.1 Å². The summed E-state index contributed by atoms with van der Waals surface area (Å²) in [5.74, 6) is -0.433. The molecule has 1 atom stereocenters. The minimum atomic E-state index is -0.501. The Morgan fingerprint density at radius 1 is 1.25 bits per heavy atom. The summed E-state index contributed by atoms with van der Waals surface area (Å²) in [4.78, 5) is 10.5. The number of rotatable bonds is 7. The summed E-state index contributed by atoms with van der Waals surface area (Å²) in [5, 5.41) is 8.46. The molecular weight excluding hydrogens is 156 g/mol. The highest BCUT2D eigenvalue weighted by molar-refractivity contribution is 5.79. The fourth-order valence-electron chi connectivity index (χ4n) is 0.972. The molecule has 0 aliphatic carbocycles. The summed E-state index contributed by atoms with van der Waals surface area (Å²) in [6, 6.07) is -0.501. The van der Waals surface area contributed by atoms with Gasteiger partial charge in [-0.2, -0.15) is 0 Å². The van der Waals surface area contributed by atoms with Crippen molar-refractivity contribution < 1.29 is 9.90 Å². The van der Waals surface area contributed by atoms with E-state index in [2.05, 4.69) is 0 Å². The smallest absolute Gasteiger partial charge is 0.234 e. The van der Waals surface area contributed by atoms with Crippen LogP contribution in [0.1, 0.15) is 32.1 Å². The van der Waals surface area contributed by atoms with Crippen molar-refractivity contribution in [2.24, 2.45) is 11.5 Å². The number of hydrogen-bond acceptors (Lipinski definition) is 3. The number of aliphatic hydroxyl groups is 1. The van der Waals surface area contributed by atoms with Crippen LogP contribution in [-0.2, 0) is 4.79 Å². The summed E-state index contributed by atoms with van der Waals surface area (Å²) < 4.78 is 0. The molecule has 72 valence electrons. The third-order valence-corrected chi connectivity index (χ3v) is 1.79. The Labute approximate surface area is 72.9 Å². The van der Waals surface area contributed by atoms with Crippen molar-refractivity contribution in [2.75, 3.05) is 6.61 Å². The van der Waals surface area contributed by atoms with Crippen molar-refractivity contribution in [1.82, 2.24) is 0 Å². The zero-order valence-electron chi connectivity index (χ0n) is 7.33. The zero-order chi connectivity index (χ0) is 9.40. The lowest BCUT2D eigenvalue weighted by Gasteiger charge is -2.05. The van der Waals surface area contributed by atoms with Gasteiger partial charge >= 0.3 is 0 Å². The first-order valence-corrected chi connectivity index (χ1v) is 4.34. The summed E-state index contributed by atoms with van der Waals surface area (Å²) in [5.41, 5.74) is 10.4. The van der Waals surface area contributed by atoms with E-state index < -0.39 is 11.9 Å². The van der Waals surface area contributed by atoms with Crippen LogP contribution in [0.5, 0.6) is 0 Å². The highest BCUT2D eigenvalue weighted by Crippen LogP contribution is 2.03. The van der Waals surface area contributed by atoms with Gasteiger partial charge in [-0.05, 0) is 12.8 Å². The summed E-state index contributed by atoms with van der Waals surface area (Å²) in [6.45, 7) is 0.238. The number of nitrogens with two attached hydrogens (primary N) is 2. The Bertz CT molecular complexity index is 128. The van der Waals surface area contributed by atoms with Gasteiger partial charge in [-0.1, -0.05) is 19.3 Å². The van der Waals surface area contributed by atoms with Gasteiger partial charge in [-0.3, -0.25) is 4.79 Å². The lowest BCUT2D eigenvalue weighted by Crippen LogP contribution is -2.36. The summed E-state index contributed by atoms with van der Waals surface area (Å²) in [7, 11) is 0. The van der Waals surface area contributed by atoms with Gasteiger partial charge in [0.05, 0.1) is 6.04 Å². The second-order valence-corrected chi connectivity index (χ2v) is 2.94. The Hall–Kier alpha value is -0.610. The minimum absolute atomic E-state index is 0.238. The molecule has 0 aromatic carbocycles. The van der Waals surface area contributed by atoms with Gasteiger partial charge in [0.2, 0.25) is 5.91 Å². The maximum absolute atomic E-state index is 10.5. The van der Waals surface area contributed by atoms with Crippen molar-refractivity contribution in [3.63, 3.8) is 0 Å². The maximum atomic E-state index is 10.5. The zero-order valence-corrected chi connectivity index (χ0v) is 7.33. The van der Waals surface area contributed by atoms with Crippen LogP contribution in [0.25, 0.3) is 0 Å². The third-order valence-electron chi connectivity index (χ3n) is 1.79. The highest BCUT2D eigenvalue weighted by Gasteiger charge is 2.07. The fraction of sp³-hybridized carbons (Fsp3) is 0.875. The normalized spacial score (nSPS) is 12.8. The van der Waals surface area contributed by atoms with E-state index in [0.29, 0.717) is 6.42 Å². The van der Waals surface area contributed by atoms with Crippen LogP contribution >= 0.6 is 0 Å². The van der Waals surface area contributed by atoms with E-state index >= 15 is 0 Å². The van der Waals surface area contributed by atoms with E-state index in [-0.39, 0.29) is 6.61 Å². The molecule has 0 saturated carbocycles. The standard InChI is InChI=1S/C8H18N2O2/c9-7(8(10)12)5-3-1-2-4-6-11/h7,11H,1-6,9H2,(H2,10,12). The van der Waals surface area contributed by atoms with Gasteiger partial charge < -0.3 is 16.6 Å². The first-order chi connectivity index (χ1) is 5.68. The minimum Gasteiger partial charge on any atom is -0.396 e. The predicted octanol–water partition coefficient (Wildman–Crippen LogP) is -0.258. The van der Waals surface area contributed by atoms with Crippen molar-refractivity contribution in [3.8, 4) is 0 Å². The molecule has 0 heterocycles. The second kappa shape index (κ2) is 7.06. The van der Waals surface area contributed by atoms with Crippen LogP contribution in [0.3, 0.4) is 0 Å². The summed E-state index contributed by atoms with van der Waals surface area (Å²) in [6.07, 6.45) is 4.38. The average molecular weight is 174 g/mol. The lowest BCUT2D eigenvalue weighted by atomic mass is 10.1. The molecule has 0 aromatic rings. The van der Waals surface area contributed by atoms with Gasteiger partial charge in [-0.15, -0.1) is 0 Å². The van der Waals surface area contributed by atoms with Crippen LogP contribution in [-0.4, -0.2) is 23.7 Å². The molecule has 0 bridgehead atoms. The van der Waals surface area contributed by atoms with E-state index in [1.165, 1.54) is 0 Å². The first kappa shape index (κ1) is 11.4. The van der Waals surface area contributed by atoms with Crippen LogP contribution in [0.2, 0.25) is 0 Å². The number of hydrogen-bond donors (Lipinski definition) is 3. The molecule has 1 amide bonds. The van der Waals surface area contributed by atoms with Gasteiger partial charge in [0.15, 0.2) is 0 Å². The van der Waals surface area contributed by atoms with Crippen LogP contribution in [0.15, 0.2) is 0 Å². The third kappa shape index (κ3) is 6.12. The van der Waals surface area contributed by atoms with E-state index in [9.17, 15) is 4.79 Å². The second-order valence-electron chi connectivity index (χ2n) is 2.94.